The second-order valence-corrected chi connectivity index (χ2v) is 5.57. The fourth-order valence-electron chi connectivity index (χ4n) is 2.40. The number of aliphatic carboxylic acids is 1. The van der Waals surface area contributed by atoms with Gasteiger partial charge in [-0.3, -0.25) is 4.40 Å². The number of aromatic amines is 1. The van der Waals surface area contributed by atoms with Gasteiger partial charge in [0.2, 0.25) is 0 Å². The number of nitrogens with zero attached hydrogens (tertiary/aromatic N) is 4. The van der Waals surface area contributed by atoms with E-state index in [4.69, 9.17) is 9.90 Å². The lowest BCUT2D eigenvalue weighted by Crippen LogP contribution is -2.21. The van der Waals surface area contributed by atoms with Gasteiger partial charge in [-0.05, 0) is 18.2 Å². The third-order valence-corrected chi connectivity index (χ3v) is 3.51. The molecule has 0 bridgehead atoms. The van der Waals surface area contributed by atoms with Crippen molar-refractivity contribution in [3.63, 3.8) is 0 Å². The van der Waals surface area contributed by atoms with Crippen LogP contribution in [0.1, 0.15) is 0 Å². The Balaban J connectivity index is 0.000000318. The number of carboxylic acid groups (broad SMARTS) is 1. The van der Waals surface area contributed by atoms with Crippen LogP contribution in [-0.4, -0.2) is 48.2 Å². The van der Waals surface area contributed by atoms with Crippen LogP contribution < -0.4 is 4.74 Å². The number of hydrogen-bond donors (Lipinski definition) is 2. The maximum absolute atomic E-state index is 12.4. The van der Waals surface area contributed by atoms with Gasteiger partial charge in [-0.1, -0.05) is 12.1 Å². The number of halogens is 6. The van der Waals surface area contributed by atoms with Gasteiger partial charge in [-0.15, -0.1) is 23.4 Å². The molecule has 0 saturated heterocycles. The van der Waals surface area contributed by atoms with Gasteiger partial charge in [0.25, 0.3) is 0 Å². The highest BCUT2D eigenvalue weighted by Crippen LogP contribution is 2.28. The smallest absolute Gasteiger partial charge is 0.475 e. The van der Waals surface area contributed by atoms with Crippen LogP contribution in [0.15, 0.2) is 42.7 Å². The molecule has 0 radical (unpaired) electrons. The number of carbonyl (C=O) groups is 1. The van der Waals surface area contributed by atoms with Crippen molar-refractivity contribution in [1.29, 1.82) is 0 Å². The Morgan fingerprint density at radius 1 is 1.10 bits per heavy atom. The zero-order chi connectivity index (χ0) is 22.1. The summed E-state index contributed by atoms with van der Waals surface area (Å²) in [4.78, 5) is 16.0. The minimum Gasteiger partial charge on any atom is -0.475 e. The number of H-pyrrole nitrogens is 1. The van der Waals surface area contributed by atoms with Crippen molar-refractivity contribution in [2.45, 2.75) is 12.5 Å². The number of benzene rings is 1. The van der Waals surface area contributed by atoms with Crippen LogP contribution in [-0.2, 0) is 4.79 Å². The van der Waals surface area contributed by atoms with E-state index in [1.807, 2.05) is 0 Å². The lowest BCUT2D eigenvalue weighted by Gasteiger charge is -2.09. The van der Waals surface area contributed by atoms with Gasteiger partial charge >= 0.3 is 18.5 Å². The minimum absolute atomic E-state index is 0.314. The molecule has 8 nitrogen and oxygen atoms in total. The fourth-order valence-corrected chi connectivity index (χ4v) is 2.40. The molecule has 0 aliphatic rings. The maximum atomic E-state index is 12.4. The highest BCUT2D eigenvalue weighted by atomic mass is 19.4. The van der Waals surface area contributed by atoms with Crippen LogP contribution >= 0.6 is 0 Å². The second-order valence-electron chi connectivity index (χ2n) is 5.57. The predicted octanol–water partition coefficient (Wildman–Crippen LogP) is 3.80. The lowest BCUT2D eigenvalue weighted by molar-refractivity contribution is -0.274. The number of rotatable bonds is 2. The average molecular weight is 433 g/mol. The number of fused-ring (bicyclic) bond motifs is 3. The van der Waals surface area contributed by atoms with Gasteiger partial charge in [-0.2, -0.15) is 13.2 Å². The van der Waals surface area contributed by atoms with Crippen molar-refractivity contribution in [3.05, 3.63) is 42.7 Å². The minimum atomic E-state index is -5.08. The fraction of sp³-hybridized carbons (Fsp3) is 0.125. The van der Waals surface area contributed by atoms with Gasteiger partial charge in [0.15, 0.2) is 17.1 Å². The Kier molecular flexibility index (Phi) is 5.24. The van der Waals surface area contributed by atoms with Gasteiger partial charge in [0.05, 0.1) is 11.7 Å². The van der Waals surface area contributed by atoms with Crippen molar-refractivity contribution in [1.82, 2.24) is 24.6 Å². The predicted molar refractivity (Wildman–Crippen MR) is 88.4 cm³/mol. The Bertz CT molecular complexity index is 1200. The zero-order valence-corrected chi connectivity index (χ0v) is 14.4. The summed E-state index contributed by atoms with van der Waals surface area (Å²) in [5.41, 5.74) is 2.30. The van der Waals surface area contributed by atoms with E-state index >= 15 is 0 Å². The number of alkyl halides is 6. The van der Waals surface area contributed by atoms with E-state index in [1.54, 1.807) is 22.7 Å². The maximum Gasteiger partial charge on any atom is 0.573 e. The quantitative estimate of drug-likeness (QED) is 0.466. The normalized spacial score (nSPS) is 11.9. The van der Waals surface area contributed by atoms with Crippen LogP contribution in [0.4, 0.5) is 26.3 Å². The number of carboxylic acids is 1. The monoisotopic (exact) mass is 433 g/mol. The molecule has 158 valence electrons. The van der Waals surface area contributed by atoms with E-state index in [0.717, 1.165) is 5.52 Å². The molecule has 0 saturated carbocycles. The molecule has 1 aromatic carbocycles. The summed E-state index contributed by atoms with van der Waals surface area (Å²) in [5.74, 6) is -2.67. The van der Waals surface area contributed by atoms with Crippen molar-refractivity contribution >= 4 is 22.8 Å². The molecule has 0 aliphatic carbocycles. The van der Waals surface area contributed by atoms with Crippen molar-refractivity contribution in [2.75, 3.05) is 0 Å². The number of ether oxygens (including phenoxy) is 1. The van der Waals surface area contributed by atoms with E-state index in [9.17, 15) is 26.3 Å². The van der Waals surface area contributed by atoms with E-state index in [0.29, 0.717) is 22.7 Å². The Morgan fingerprint density at radius 3 is 2.43 bits per heavy atom. The zero-order valence-electron chi connectivity index (χ0n) is 14.4. The second kappa shape index (κ2) is 7.53. The van der Waals surface area contributed by atoms with Crippen molar-refractivity contribution < 1.29 is 41.0 Å². The first-order valence-corrected chi connectivity index (χ1v) is 7.79. The summed E-state index contributed by atoms with van der Waals surface area (Å²) in [7, 11) is 0. The van der Waals surface area contributed by atoms with E-state index in [-0.39, 0.29) is 5.75 Å². The first-order chi connectivity index (χ1) is 14.0. The summed E-state index contributed by atoms with van der Waals surface area (Å²) in [6, 6.07) is 7.39. The third kappa shape index (κ3) is 4.59. The van der Waals surface area contributed by atoms with Crippen LogP contribution in [0.3, 0.4) is 0 Å². The molecule has 30 heavy (non-hydrogen) atoms. The standard InChI is InChI=1S/C14H8F3N5O.C2HF3O2/c15-14(16,17)23-9-3-1-2-8(6-9)13-21-20-11-7-19-12-10(22(11)13)4-5-18-12;3-2(4,5)1(6)7/h1-7,18H;(H,6,7). The van der Waals surface area contributed by atoms with Crippen LogP contribution in [0, 0.1) is 0 Å². The largest absolute Gasteiger partial charge is 0.573 e. The lowest BCUT2D eigenvalue weighted by atomic mass is 10.2. The summed E-state index contributed by atoms with van der Waals surface area (Å²) in [6.07, 6.45) is -6.58. The Labute approximate surface area is 161 Å². The number of hydrogen-bond acceptors (Lipinski definition) is 5. The molecule has 14 heteroatoms. The van der Waals surface area contributed by atoms with Gasteiger partial charge in [0.1, 0.15) is 5.75 Å². The Morgan fingerprint density at radius 2 is 1.80 bits per heavy atom. The highest BCUT2D eigenvalue weighted by Gasteiger charge is 2.38. The molecular weight excluding hydrogens is 424 g/mol. The molecule has 0 atom stereocenters. The number of aromatic nitrogens is 5. The Hall–Kier alpha value is -3.84. The van der Waals surface area contributed by atoms with Crippen molar-refractivity contribution in [2.24, 2.45) is 0 Å². The first-order valence-electron chi connectivity index (χ1n) is 7.79. The molecular formula is C16H9F6N5O3. The van der Waals surface area contributed by atoms with E-state index in [2.05, 4.69) is 24.9 Å². The van der Waals surface area contributed by atoms with E-state index in [1.165, 1.54) is 24.4 Å². The molecule has 3 heterocycles. The van der Waals surface area contributed by atoms with Gasteiger partial charge in [-0.25, -0.2) is 9.78 Å². The van der Waals surface area contributed by atoms with Crippen LogP contribution in [0.2, 0.25) is 0 Å². The average Bonchev–Trinajstić information content (AvgIpc) is 3.26. The summed E-state index contributed by atoms with van der Waals surface area (Å²) in [5, 5.41) is 15.2. The first kappa shape index (κ1) is 20.9. The number of nitrogens with one attached hydrogen (secondary N) is 1. The molecule has 0 spiro atoms. The van der Waals surface area contributed by atoms with Crippen LogP contribution in [0.25, 0.3) is 28.2 Å². The summed E-state index contributed by atoms with van der Waals surface area (Å²) < 4.78 is 74.5. The topological polar surface area (TPSA) is 105 Å². The van der Waals surface area contributed by atoms with Crippen LogP contribution in [0.5, 0.6) is 5.75 Å². The molecule has 4 rings (SSSR count). The summed E-state index contributed by atoms with van der Waals surface area (Å²) >= 11 is 0. The third-order valence-electron chi connectivity index (χ3n) is 3.51. The molecule has 0 amide bonds. The summed E-state index contributed by atoms with van der Waals surface area (Å²) in [6.45, 7) is 0. The molecule has 3 aromatic heterocycles. The van der Waals surface area contributed by atoms with E-state index < -0.39 is 18.5 Å². The van der Waals surface area contributed by atoms with Crippen molar-refractivity contribution in [3.8, 4) is 17.1 Å². The van der Waals surface area contributed by atoms with Gasteiger partial charge in [0, 0.05) is 11.8 Å². The van der Waals surface area contributed by atoms with Gasteiger partial charge < -0.3 is 14.8 Å². The molecule has 0 unspecified atom stereocenters. The molecule has 4 aromatic rings. The molecule has 0 fully saturated rings. The molecule has 0 aliphatic heterocycles. The SMILES string of the molecule is FC(F)(F)Oc1cccc(-c2nnc3cnc4[nH]ccc4n23)c1.O=C(O)C(F)(F)F. The molecule has 2 N–H and O–H groups in total. The highest BCUT2D eigenvalue weighted by molar-refractivity contribution is 5.77.